The molecule has 3 heteroatoms. The summed E-state index contributed by atoms with van der Waals surface area (Å²) >= 11 is 0. The third kappa shape index (κ3) is 5.35. The molecule has 0 saturated heterocycles. The largest absolute Gasteiger partial charge is 0.366 e. The van der Waals surface area contributed by atoms with Crippen LogP contribution in [0, 0.1) is 5.92 Å². The second-order valence-electron chi connectivity index (χ2n) is 4.48. The highest BCUT2D eigenvalue weighted by molar-refractivity contribution is 5.32. The molecule has 1 aromatic rings. The van der Waals surface area contributed by atoms with Crippen molar-refractivity contribution in [1.82, 2.24) is 10.2 Å². The summed E-state index contributed by atoms with van der Waals surface area (Å²) in [5, 5.41) is 11.2. The summed E-state index contributed by atoms with van der Waals surface area (Å²) in [6.07, 6.45) is 5.45. The van der Waals surface area contributed by atoms with Gasteiger partial charge in [0.25, 0.3) is 0 Å². The normalized spacial score (nSPS) is 12.8. The number of aromatic nitrogens is 2. The van der Waals surface area contributed by atoms with E-state index in [0.29, 0.717) is 6.04 Å². The predicted octanol–water partition coefficient (Wildman–Crippen LogP) is 3.10. The lowest BCUT2D eigenvalue weighted by molar-refractivity contribution is 0.520. The second-order valence-corrected chi connectivity index (χ2v) is 4.48. The minimum Gasteiger partial charge on any atom is -0.366 e. The molecule has 1 N–H and O–H groups in total. The molecule has 1 rings (SSSR count). The lowest BCUT2D eigenvalue weighted by Crippen LogP contribution is -2.16. The van der Waals surface area contributed by atoms with Gasteiger partial charge in [0.05, 0.1) is 0 Å². The van der Waals surface area contributed by atoms with Gasteiger partial charge in [-0.3, -0.25) is 0 Å². The Morgan fingerprint density at radius 3 is 2.67 bits per heavy atom. The number of hydrogen-bond acceptors (Lipinski definition) is 3. The Kier molecular flexibility index (Phi) is 5.08. The van der Waals surface area contributed by atoms with E-state index in [9.17, 15) is 0 Å². The van der Waals surface area contributed by atoms with Crippen LogP contribution >= 0.6 is 0 Å². The molecule has 0 aromatic carbocycles. The van der Waals surface area contributed by atoms with Gasteiger partial charge < -0.3 is 5.32 Å². The van der Waals surface area contributed by atoms with E-state index in [4.69, 9.17) is 0 Å². The molecule has 3 nitrogen and oxygen atoms in total. The zero-order chi connectivity index (χ0) is 11.1. The zero-order valence-electron chi connectivity index (χ0n) is 9.90. The Labute approximate surface area is 92.3 Å². The van der Waals surface area contributed by atoms with Gasteiger partial charge in [0.1, 0.15) is 5.82 Å². The molecule has 1 unspecified atom stereocenters. The van der Waals surface area contributed by atoms with Crippen LogP contribution in [-0.2, 0) is 0 Å². The van der Waals surface area contributed by atoms with Crippen molar-refractivity contribution in [3.05, 3.63) is 18.3 Å². The third-order valence-corrected chi connectivity index (χ3v) is 2.39. The first-order valence-corrected chi connectivity index (χ1v) is 5.72. The van der Waals surface area contributed by atoms with Crippen LogP contribution in [0.3, 0.4) is 0 Å². The second kappa shape index (κ2) is 6.38. The fourth-order valence-corrected chi connectivity index (χ4v) is 1.54. The number of rotatable bonds is 6. The maximum Gasteiger partial charge on any atom is 0.148 e. The van der Waals surface area contributed by atoms with E-state index in [-0.39, 0.29) is 0 Å². The maximum atomic E-state index is 4.00. The van der Waals surface area contributed by atoms with Crippen molar-refractivity contribution in [3.63, 3.8) is 0 Å². The number of hydrogen-bond donors (Lipinski definition) is 1. The molecular formula is C12H21N3. The number of anilines is 1. The molecule has 1 aromatic heterocycles. The van der Waals surface area contributed by atoms with E-state index in [1.807, 2.05) is 12.1 Å². The Morgan fingerprint density at radius 2 is 2.07 bits per heavy atom. The molecule has 0 bridgehead atoms. The minimum atomic E-state index is 0.473. The van der Waals surface area contributed by atoms with Gasteiger partial charge in [-0.05, 0) is 31.4 Å². The molecule has 0 aliphatic carbocycles. The predicted molar refractivity (Wildman–Crippen MR) is 63.8 cm³/mol. The summed E-state index contributed by atoms with van der Waals surface area (Å²) < 4.78 is 0. The summed E-state index contributed by atoms with van der Waals surface area (Å²) in [5.41, 5.74) is 0. The van der Waals surface area contributed by atoms with Gasteiger partial charge in [-0.1, -0.05) is 26.7 Å². The zero-order valence-corrected chi connectivity index (χ0v) is 9.90. The molecule has 0 radical (unpaired) electrons. The first kappa shape index (κ1) is 12.0. The molecule has 0 saturated carbocycles. The number of nitrogens with zero attached hydrogens (tertiary/aromatic N) is 2. The monoisotopic (exact) mass is 207 g/mol. The quantitative estimate of drug-likeness (QED) is 0.779. The smallest absolute Gasteiger partial charge is 0.148 e. The van der Waals surface area contributed by atoms with Gasteiger partial charge >= 0.3 is 0 Å². The molecular weight excluding hydrogens is 186 g/mol. The van der Waals surface area contributed by atoms with Crippen LogP contribution in [0.15, 0.2) is 18.3 Å². The fraction of sp³-hybridized carbons (Fsp3) is 0.667. The van der Waals surface area contributed by atoms with Crippen molar-refractivity contribution in [2.75, 3.05) is 5.32 Å². The highest BCUT2D eigenvalue weighted by Crippen LogP contribution is 2.10. The van der Waals surface area contributed by atoms with Crippen molar-refractivity contribution in [3.8, 4) is 0 Å². The average Bonchev–Trinajstić information content (AvgIpc) is 2.18. The molecule has 1 atom stereocenters. The molecule has 0 aliphatic rings. The Bertz CT molecular complexity index is 259. The Hall–Kier alpha value is -1.12. The maximum absolute atomic E-state index is 4.00. The fourth-order valence-electron chi connectivity index (χ4n) is 1.54. The first-order chi connectivity index (χ1) is 7.18. The van der Waals surface area contributed by atoms with E-state index in [0.717, 1.165) is 11.7 Å². The molecule has 0 fully saturated rings. The standard InChI is InChI=1S/C12H21N3/c1-10(2)6-4-7-11(3)14-12-8-5-9-13-15-12/h5,8-11H,4,6-7H2,1-3H3,(H,14,15). The van der Waals surface area contributed by atoms with Gasteiger partial charge in [0, 0.05) is 12.2 Å². The Balaban J connectivity index is 2.21. The third-order valence-electron chi connectivity index (χ3n) is 2.39. The molecule has 0 amide bonds. The molecule has 15 heavy (non-hydrogen) atoms. The van der Waals surface area contributed by atoms with Gasteiger partial charge in [-0.15, -0.1) is 5.10 Å². The van der Waals surface area contributed by atoms with Crippen LogP contribution in [0.2, 0.25) is 0 Å². The van der Waals surface area contributed by atoms with Crippen molar-refractivity contribution in [1.29, 1.82) is 0 Å². The van der Waals surface area contributed by atoms with Gasteiger partial charge in [-0.2, -0.15) is 5.10 Å². The topological polar surface area (TPSA) is 37.8 Å². The average molecular weight is 207 g/mol. The van der Waals surface area contributed by atoms with Crippen LogP contribution in [0.1, 0.15) is 40.0 Å². The van der Waals surface area contributed by atoms with Crippen molar-refractivity contribution < 1.29 is 0 Å². The van der Waals surface area contributed by atoms with Gasteiger partial charge in [0.2, 0.25) is 0 Å². The van der Waals surface area contributed by atoms with Crippen LogP contribution in [0.5, 0.6) is 0 Å². The van der Waals surface area contributed by atoms with E-state index in [1.54, 1.807) is 6.20 Å². The minimum absolute atomic E-state index is 0.473. The molecule has 1 heterocycles. The van der Waals surface area contributed by atoms with Crippen LogP contribution in [-0.4, -0.2) is 16.2 Å². The summed E-state index contributed by atoms with van der Waals surface area (Å²) in [6, 6.07) is 4.32. The van der Waals surface area contributed by atoms with Gasteiger partial charge in [0.15, 0.2) is 0 Å². The molecule has 0 spiro atoms. The SMILES string of the molecule is CC(C)CCCC(C)Nc1cccnn1. The molecule has 0 aliphatic heterocycles. The van der Waals surface area contributed by atoms with Crippen molar-refractivity contribution >= 4 is 5.82 Å². The van der Waals surface area contributed by atoms with E-state index < -0.39 is 0 Å². The van der Waals surface area contributed by atoms with Gasteiger partial charge in [-0.25, -0.2) is 0 Å². The lowest BCUT2D eigenvalue weighted by atomic mass is 10.0. The van der Waals surface area contributed by atoms with Crippen molar-refractivity contribution in [2.45, 2.75) is 46.1 Å². The number of nitrogens with one attached hydrogen (secondary N) is 1. The molecule has 84 valence electrons. The van der Waals surface area contributed by atoms with E-state index >= 15 is 0 Å². The summed E-state index contributed by atoms with van der Waals surface area (Å²) in [4.78, 5) is 0. The van der Waals surface area contributed by atoms with E-state index in [2.05, 4.69) is 36.3 Å². The summed E-state index contributed by atoms with van der Waals surface area (Å²) in [6.45, 7) is 6.72. The summed E-state index contributed by atoms with van der Waals surface area (Å²) in [7, 11) is 0. The van der Waals surface area contributed by atoms with Crippen LogP contribution < -0.4 is 5.32 Å². The Morgan fingerprint density at radius 1 is 1.27 bits per heavy atom. The van der Waals surface area contributed by atoms with Crippen molar-refractivity contribution in [2.24, 2.45) is 5.92 Å². The highest BCUT2D eigenvalue weighted by atomic mass is 15.2. The van der Waals surface area contributed by atoms with Crippen LogP contribution in [0.25, 0.3) is 0 Å². The summed E-state index contributed by atoms with van der Waals surface area (Å²) in [5.74, 6) is 1.67. The highest BCUT2D eigenvalue weighted by Gasteiger charge is 2.03. The van der Waals surface area contributed by atoms with E-state index in [1.165, 1.54) is 19.3 Å². The lowest BCUT2D eigenvalue weighted by Gasteiger charge is -2.14. The van der Waals surface area contributed by atoms with Crippen LogP contribution in [0.4, 0.5) is 5.82 Å². The first-order valence-electron chi connectivity index (χ1n) is 5.72.